The fourth-order valence-electron chi connectivity index (χ4n) is 9.22. The minimum atomic E-state index is -4.77. The van der Waals surface area contributed by atoms with Crippen LogP contribution in [0.5, 0.6) is 0 Å². The molecule has 1 aromatic rings. The summed E-state index contributed by atoms with van der Waals surface area (Å²) in [4.78, 5) is 40.4. The second kappa shape index (κ2) is 11.8. The van der Waals surface area contributed by atoms with E-state index in [1.807, 2.05) is 6.92 Å². The number of nitrogens with zero attached hydrogens (tertiary/aromatic N) is 1. The number of ether oxygens (including phenoxy) is 2. The first-order valence-electron chi connectivity index (χ1n) is 16.0. The lowest BCUT2D eigenvalue weighted by atomic mass is 9.47. The molecule has 6 atom stereocenters. The van der Waals surface area contributed by atoms with Gasteiger partial charge in [0.05, 0.1) is 18.6 Å². The van der Waals surface area contributed by atoms with E-state index in [2.05, 4.69) is 42.0 Å². The smallest absolute Gasteiger partial charge is 0.457 e. The number of Topliss-reactive ketones (excluding diaryl/α,β-unsaturated/α-hetero) is 1. The van der Waals surface area contributed by atoms with Crippen molar-refractivity contribution in [1.82, 2.24) is 0 Å². The van der Waals surface area contributed by atoms with Crippen molar-refractivity contribution in [2.75, 3.05) is 37.8 Å². The number of carbonyl (C=O) groups is 3. The highest BCUT2D eigenvalue weighted by Gasteiger charge is 2.66. The number of fused-ring (bicyclic) bond motifs is 4. The number of hydrogen-bond acceptors (Lipinski definition) is 6. The lowest BCUT2D eigenvalue weighted by molar-refractivity contribution is -0.150. The number of morpholine rings is 1. The van der Waals surface area contributed by atoms with E-state index in [1.54, 1.807) is 6.08 Å². The monoisotopic (exact) mass is 623 g/mol. The van der Waals surface area contributed by atoms with E-state index < -0.39 is 35.4 Å². The Morgan fingerprint density at radius 1 is 1.13 bits per heavy atom. The van der Waals surface area contributed by atoms with E-state index in [1.165, 1.54) is 24.0 Å². The van der Waals surface area contributed by atoms with E-state index >= 15 is 0 Å². The molecule has 0 spiro atoms. The average Bonchev–Trinajstić information content (AvgIpc) is 3.31. The van der Waals surface area contributed by atoms with Crippen LogP contribution in [-0.2, 0) is 23.9 Å². The topological polar surface area (TPSA) is 72.9 Å². The van der Waals surface area contributed by atoms with Gasteiger partial charge in [0.2, 0.25) is 0 Å². The Morgan fingerprint density at radius 2 is 1.84 bits per heavy atom. The molecule has 2 saturated carbocycles. The van der Waals surface area contributed by atoms with E-state index in [0.29, 0.717) is 38.9 Å². The van der Waals surface area contributed by atoms with Gasteiger partial charge in [-0.05, 0) is 90.2 Å². The molecule has 0 bridgehead atoms. The molecule has 1 aromatic carbocycles. The predicted molar refractivity (Wildman–Crippen MR) is 162 cm³/mol. The molecule has 6 rings (SSSR count). The maximum Gasteiger partial charge on any atom is 0.457 e. The highest BCUT2D eigenvalue weighted by Crippen LogP contribution is 2.70. The maximum atomic E-state index is 14.0. The van der Waals surface area contributed by atoms with Gasteiger partial charge >= 0.3 is 12.1 Å². The van der Waals surface area contributed by atoms with Crippen LogP contribution in [0.4, 0.5) is 18.9 Å². The maximum absolute atomic E-state index is 14.0. The zero-order valence-electron chi connectivity index (χ0n) is 26.1. The Morgan fingerprint density at radius 3 is 2.51 bits per heavy atom. The molecule has 1 heterocycles. The van der Waals surface area contributed by atoms with Crippen LogP contribution in [0, 0.1) is 40.4 Å². The number of halogens is 3. The van der Waals surface area contributed by atoms with Crippen LogP contribution in [-0.4, -0.2) is 56.6 Å². The van der Waals surface area contributed by atoms with Crippen molar-refractivity contribution in [2.24, 2.45) is 28.6 Å². The standard InChI is InChI=1S/C36H40F3NO5/c1-22-18-29-31-10-11-35(12-13-36(37,38)39,32(43)21-45-23(2)41)34(31,3)20-30(33(29)27-9-8-26(42)19-28(22)27)24-4-6-25(7-5-24)40-14-16-44-17-15-40/h4-7,19,22,29-31H,8-11,14-18,20-21H2,1-3H3/t22?,29-,30+,31-,34-,35-/m0/s1. The zero-order valence-corrected chi connectivity index (χ0v) is 26.1. The van der Waals surface area contributed by atoms with Gasteiger partial charge in [-0.25, -0.2) is 0 Å². The first-order chi connectivity index (χ1) is 21.3. The Labute approximate surface area is 262 Å². The molecular formula is C36H40F3NO5. The Hall–Kier alpha value is -3.38. The second-order valence-electron chi connectivity index (χ2n) is 13.6. The van der Waals surface area contributed by atoms with Crippen LogP contribution in [0.25, 0.3) is 0 Å². The quantitative estimate of drug-likeness (QED) is 0.281. The molecular weight excluding hydrogens is 583 g/mol. The van der Waals surface area contributed by atoms with Crippen LogP contribution in [0.3, 0.4) is 0 Å². The summed E-state index contributed by atoms with van der Waals surface area (Å²) in [5, 5.41) is 0. The highest BCUT2D eigenvalue weighted by atomic mass is 19.4. The summed E-state index contributed by atoms with van der Waals surface area (Å²) >= 11 is 0. The van der Waals surface area contributed by atoms with Gasteiger partial charge in [-0.2, -0.15) is 13.2 Å². The summed E-state index contributed by atoms with van der Waals surface area (Å²) in [6.45, 7) is 7.56. The fourth-order valence-corrected chi connectivity index (χ4v) is 9.22. The van der Waals surface area contributed by atoms with Gasteiger partial charge in [0.15, 0.2) is 18.2 Å². The molecule has 0 aromatic heterocycles. The highest BCUT2D eigenvalue weighted by molar-refractivity contribution is 5.93. The van der Waals surface area contributed by atoms with Crippen molar-refractivity contribution < 1.29 is 37.0 Å². The summed E-state index contributed by atoms with van der Waals surface area (Å²) in [7, 11) is 0. The second-order valence-corrected chi connectivity index (χ2v) is 13.6. The van der Waals surface area contributed by atoms with Crippen LogP contribution in [0.15, 0.2) is 47.1 Å². The average molecular weight is 624 g/mol. The van der Waals surface area contributed by atoms with Crippen LogP contribution < -0.4 is 4.90 Å². The van der Waals surface area contributed by atoms with E-state index in [0.717, 1.165) is 36.3 Å². The fraction of sp³-hybridized carbons (Fsp3) is 0.583. The number of benzene rings is 1. The van der Waals surface area contributed by atoms with Crippen molar-refractivity contribution in [3.05, 3.63) is 52.6 Å². The summed E-state index contributed by atoms with van der Waals surface area (Å²) in [6.07, 6.45) is 0.0197. The summed E-state index contributed by atoms with van der Waals surface area (Å²) < 4.78 is 51.6. The minimum absolute atomic E-state index is 0.0270. The molecule has 6 nitrogen and oxygen atoms in total. The van der Waals surface area contributed by atoms with Crippen molar-refractivity contribution in [3.8, 4) is 11.8 Å². The first-order valence-corrected chi connectivity index (χ1v) is 16.0. The summed E-state index contributed by atoms with van der Waals surface area (Å²) in [5.41, 5.74) is 3.18. The van der Waals surface area contributed by atoms with Crippen LogP contribution in [0.1, 0.15) is 70.8 Å². The Kier molecular flexibility index (Phi) is 8.26. The van der Waals surface area contributed by atoms with Crippen molar-refractivity contribution in [2.45, 2.75) is 71.4 Å². The third-order valence-electron chi connectivity index (χ3n) is 11.3. The molecule has 0 amide bonds. The van der Waals surface area contributed by atoms with E-state index in [9.17, 15) is 27.6 Å². The lowest BCUT2D eigenvalue weighted by Crippen LogP contribution is -2.52. The normalized spacial score (nSPS) is 32.9. The van der Waals surface area contributed by atoms with Crippen molar-refractivity contribution in [1.29, 1.82) is 0 Å². The van der Waals surface area contributed by atoms with Crippen LogP contribution in [0.2, 0.25) is 0 Å². The number of alkyl halides is 3. The number of carbonyl (C=O) groups excluding carboxylic acids is 3. The lowest BCUT2D eigenvalue weighted by Gasteiger charge is -2.55. The van der Waals surface area contributed by atoms with Crippen molar-refractivity contribution >= 4 is 23.2 Å². The SMILES string of the molecule is CC(=O)OCC(=O)[C@@]1(C#CC(F)(F)F)CC[C@H]2[C@@H]3CC(C)C4=CC(=O)CCC4=C3[C@@H](c3ccc(N4CCOCC4)cc3)C[C@@]21C. The molecule has 1 unspecified atom stereocenters. The third-order valence-corrected chi connectivity index (χ3v) is 11.3. The molecule has 9 heteroatoms. The molecule has 1 aliphatic heterocycles. The van der Waals surface area contributed by atoms with Crippen LogP contribution >= 0.6 is 0 Å². The zero-order chi connectivity index (χ0) is 32.1. The van der Waals surface area contributed by atoms with Gasteiger partial charge in [-0.1, -0.05) is 37.5 Å². The number of anilines is 1. The molecule has 1 saturated heterocycles. The third kappa shape index (κ3) is 5.64. The minimum Gasteiger partial charge on any atom is -0.458 e. The predicted octanol–water partition coefficient (Wildman–Crippen LogP) is 6.35. The van der Waals surface area contributed by atoms with E-state index in [4.69, 9.17) is 9.47 Å². The molecule has 0 radical (unpaired) electrons. The molecule has 3 fully saturated rings. The van der Waals surface area contributed by atoms with Gasteiger partial charge in [-0.3, -0.25) is 14.4 Å². The van der Waals surface area contributed by atoms with E-state index in [-0.39, 0.29) is 35.9 Å². The number of esters is 1. The molecule has 45 heavy (non-hydrogen) atoms. The van der Waals surface area contributed by atoms with Crippen molar-refractivity contribution in [3.63, 3.8) is 0 Å². The first kappa shape index (κ1) is 31.6. The summed E-state index contributed by atoms with van der Waals surface area (Å²) in [6, 6.07) is 8.41. The van der Waals surface area contributed by atoms with Gasteiger partial charge in [0.25, 0.3) is 0 Å². The molecule has 4 aliphatic carbocycles. The Bertz CT molecular complexity index is 1510. The van der Waals surface area contributed by atoms with Gasteiger partial charge in [-0.15, -0.1) is 0 Å². The molecule has 0 N–H and O–H groups in total. The number of rotatable bonds is 5. The van der Waals surface area contributed by atoms with Gasteiger partial charge < -0.3 is 14.4 Å². The largest absolute Gasteiger partial charge is 0.458 e. The van der Waals surface area contributed by atoms with Gasteiger partial charge in [0, 0.05) is 44.0 Å². The Balaban J connectivity index is 1.49. The summed E-state index contributed by atoms with van der Waals surface area (Å²) in [5.74, 6) is 2.74. The van der Waals surface area contributed by atoms with Gasteiger partial charge in [0.1, 0.15) is 0 Å². The molecule has 240 valence electrons. The number of hydrogen-bond donors (Lipinski definition) is 0. The number of ketones is 2. The number of allylic oxidation sites excluding steroid dienone is 4. The molecule has 5 aliphatic rings.